The maximum Gasteiger partial charge on any atom is 0.230 e. The zero-order valence-corrected chi connectivity index (χ0v) is 14.7. The van der Waals surface area contributed by atoms with Crippen LogP contribution in [0.5, 0.6) is 0 Å². The van der Waals surface area contributed by atoms with Crippen LogP contribution < -0.4 is 5.32 Å². The molecule has 4 heteroatoms. The third kappa shape index (κ3) is 4.15. The molecule has 0 spiro atoms. The summed E-state index contributed by atoms with van der Waals surface area (Å²) in [7, 11) is 0. The summed E-state index contributed by atoms with van der Waals surface area (Å²) in [6.45, 7) is 6.12. The summed E-state index contributed by atoms with van der Waals surface area (Å²) in [4.78, 5) is 16.8. The molecule has 3 aromatic rings. The Bertz CT molecular complexity index is 849. The number of benzene rings is 2. The molecule has 4 nitrogen and oxygen atoms in total. The van der Waals surface area contributed by atoms with Gasteiger partial charge in [0, 0.05) is 11.3 Å². The fraction of sp³-hybridized carbons (Fsp3) is 0.238. The first kappa shape index (κ1) is 17.0. The average molecular weight is 334 g/mol. The quantitative estimate of drug-likeness (QED) is 0.718. The Kier molecular flexibility index (Phi) is 4.98. The van der Waals surface area contributed by atoms with Gasteiger partial charge in [0.1, 0.15) is 5.76 Å². The number of carbonyl (C=O) groups is 1. The topological polar surface area (TPSA) is 55.1 Å². The Labute approximate surface area is 147 Å². The lowest BCUT2D eigenvalue weighted by molar-refractivity contribution is -0.115. The summed E-state index contributed by atoms with van der Waals surface area (Å²) in [6, 6.07) is 17.6. The summed E-state index contributed by atoms with van der Waals surface area (Å²) >= 11 is 0. The number of hydrogen-bond acceptors (Lipinski definition) is 3. The van der Waals surface area contributed by atoms with Gasteiger partial charge in [-0.05, 0) is 42.7 Å². The van der Waals surface area contributed by atoms with Gasteiger partial charge in [-0.3, -0.25) is 4.79 Å². The first-order chi connectivity index (χ1) is 12.0. The van der Waals surface area contributed by atoms with Gasteiger partial charge in [0.05, 0.1) is 12.1 Å². The second-order valence-electron chi connectivity index (χ2n) is 6.39. The van der Waals surface area contributed by atoms with Crippen LogP contribution in [-0.4, -0.2) is 10.9 Å². The second-order valence-corrected chi connectivity index (χ2v) is 6.39. The van der Waals surface area contributed by atoms with Crippen LogP contribution in [0.3, 0.4) is 0 Å². The van der Waals surface area contributed by atoms with Crippen LogP contribution >= 0.6 is 0 Å². The molecule has 0 aliphatic rings. The minimum atomic E-state index is -0.103. The molecule has 128 valence electrons. The molecule has 1 amide bonds. The third-order valence-corrected chi connectivity index (χ3v) is 4.10. The maximum absolute atomic E-state index is 12.3. The highest BCUT2D eigenvalue weighted by Crippen LogP contribution is 2.22. The van der Waals surface area contributed by atoms with E-state index in [0.29, 0.717) is 23.3 Å². The molecule has 25 heavy (non-hydrogen) atoms. The molecule has 0 saturated carbocycles. The Hall–Kier alpha value is -2.88. The van der Waals surface area contributed by atoms with Crippen molar-refractivity contribution in [3.63, 3.8) is 0 Å². The molecular formula is C21H22N2O2. The maximum atomic E-state index is 12.3. The van der Waals surface area contributed by atoms with Crippen molar-refractivity contribution in [2.75, 3.05) is 5.32 Å². The van der Waals surface area contributed by atoms with E-state index in [9.17, 15) is 4.79 Å². The number of aryl methyl sites for hydroxylation is 1. The molecule has 0 fully saturated rings. The molecule has 0 radical (unpaired) electrons. The monoisotopic (exact) mass is 334 g/mol. The van der Waals surface area contributed by atoms with Crippen molar-refractivity contribution in [3.05, 3.63) is 71.6 Å². The van der Waals surface area contributed by atoms with Crippen LogP contribution in [0.2, 0.25) is 0 Å². The number of carbonyl (C=O) groups excluding carboxylic acids is 1. The average Bonchev–Trinajstić information content (AvgIpc) is 2.97. The molecule has 0 aliphatic heterocycles. The van der Waals surface area contributed by atoms with Gasteiger partial charge in [0.25, 0.3) is 0 Å². The van der Waals surface area contributed by atoms with E-state index in [-0.39, 0.29) is 12.3 Å². The van der Waals surface area contributed by atoms with Crippen molar-refractivity contribution >= 4 is 11.6 Å². The molecule has 1 aromatic heterocycles. The second kappa shape index (κ2) is 7.34. The predicted octanol–water partition coefficient (Wildman–Crippen LogP) is 4.95. The zero-order chi connectivity index (χ0) is 17.8. The highest BCUT2D eigenvalue weighted by molar-refractivity contribution is 5.92. The van der Waals surface area contributed by atoms with E-state index in [1.165, 1.54) is 5.56 Å². The standard InChI is InChI=1S/C21H22N2O2/c1-14(2)16-9-11-18(12-10-16)22-20(24)13-19-15(3)25-21(23-19)17-7-5-4-6-8-17/h4-12,14H,13H2,1-3H3,(H,22,24). The summed E-state index contributed by atoms with van der Waals surface area (Å²) in [5.41, 5.74) is 3.60. The number of nitrogens with one attached hydrogen (secondary N) is 1. The molecule has 0 unspecified atom stereocenters. The fourth-order valence-electron chi connectivity index (χ4n) is 2.60. The SMILES string of the molecule is Cc1oc(-c2ccccc2)nc1CC(=O)Nc1ccc(C(C)C)cc1. The number of hydrogen-bond donors (Lipinski definition) is 1. The number of nitrogens with zero attached hydrogens (tertiary/aromatic N) is 1. The Morgan fingerprint density at radius 3 is 2.40 bits per heavy atom. The van der Waals surface area contributed by atoms with Crippen molar-refractivity contribution in [3.8, 4) is 11.5 Å². The van der Waals surface area contributed by atoms with Crippen LogP contribution in [0.4, 0.5) is 5.69 Å². The minimum absolute atomic E-state index is 0.103. The van der Waals surface area contributed by atoms with Crippen molar-refractivity contribution in [2.45, 2.75) is 33.1 Å². The summed E-state index contributed by atoms with van der Waals surface area (Å²) in [5, 5.41) is 2.91. The Balaban J connectivity index is 1.68. The van der Waals surface area contributed by atoms with Crippen molar-refractivity contribution in [1.29, 1.82) is 0 Å². The van der Waals surface area contributed by atoms with Gasteiger partial charge in [0.2, 0.25) is 11.8 Å². The summed E-state index contributed by atoms with van der Waals surface area (Å²) in [5.74, 6) is 1.58. The number of anilines is 1. The summed E-state index contributed by atoms with van der Waals surface area (Å²) in [6.07, 6.45) is 0.189. The van der Waals surface area contributed by atoms with E-state index in [1.54, 1.807) is 0 Å². The van der Waals surface area contributed by atoms with Gasteiger partial charge in [0.15, 0.2) is 0 Å². The Morgan fingerprint density at radius 1 is 1.08 bits per heavy atom. The normalized spacial score (nSPS) is 10.9. The number of amides is 1. The molecule has 1 N–H and O–H groups in total. The van der Waals surface area contributed by atoms with E-state index in [2.05, 4.69) is 24.1 Å². The largest absolute Gasteiger partial charge is 0.441 e. The Morgan fingerprint density at radius 2 is 1.76 bits per heavy atom. The molecule has 0 aliphatic carbocycles. The van der Waals surface area contributed by atoms with Gasteiger partial charge in [-0.2, -0.15) is 0 Å². The van der Waals surface area contributed by atoms with Crippen LogP contribution in [0.25, 0.3) is 11.5 Å². The van der Waals surface area contributed by atoms with Crippen molar-refractivity contribution < 1.29 is 9.21 Å². The number of oxazole rings is 1. The number of aromatic nitrogens is 1. The van der Waals surface area contributed by atoms with E-state index in [1.807, 2.05) is 61.5 Å². The van der Waals surface area contributed by atoms with Crippen LogP contribution in [0, 0.1) is 6.92 Å². The van der Waals surface area contributed by atoms with Gasteiger partial charge >= 0.3 is 0 Å². The minimum Gasteiger partial charge on any atom is -0.441 e. The third-order valence-electron chi connectivity index (χ3n) is 4.10. The molecule has 1 heterocycles. The van der Waals surface area contributed by atoms with Gasteiger partial charge < -0.3 is 9.73 Å². The first-order valence-electron chi connectivity index (χ1n) is 8.44. The smallest absolute Gasteiger partial charge is 0.230 e. The molecular weight excluding hydrogens is 312 g/mol. The van der Waals surface area contributed by atoms with Crippen LogP contribution in [-0.2, 0) is 11.2 Å². The lowest BCUT2D eigenvalue weighted by atomic mass is 10.0. The predicted molar refractivity (Wildman–Crippen MR) is 99.5 cm³/mol. The molecule has 0 atom stereocenters. The number of rotatable bonds is 5. The molecule has 3 rings (SSSR count). The zero-order valence-electron chi connectivity index (χ0n) is 14.7. The molecule has 0 bridgehead atoms. The molecule has 2 aromatic carbocycles. The van der Waals surface area contributed by atoms with Crippen molar-refractivity contribution in [2.24, 2.45) is 0 Å². The van der Waals surface area contributed by atoms with Gasteiger partial charge in [-0.25, -0.2) is 4.98 Å². The van der Waals surface area contributed by atoms with E-state index < -0.39 is 0 Å². The van der Waals surface area contributed by atoms with Crippen LogP contribution in [0.1, 0.15) is 36.8 Å². The van der Waals surface area contributed by atoms with E-state index >= 15 is 0 Å². The highest BCUT2D eigenvalue weighted by atomic mass is 16.4. The van der Waals surface area contributed by atoms with E-state index in [4.69, 9.17) is 4.42 Å². The summed E-state index contributed by atoms with van der Waals surface area (Å²) < 4.78 is 5.70. The lowest BCUT2D eigenvalue weighted by Crippen LogP contribution is -2.15. The molecule has 0 saturated heterocycles. The lowest BCUT2D eigenvalue weighted by Gasteiger charge is -2.08. The van der Waals surface area contributed by atoms with Gasteiger partial charge in [-0.15, -0.1) is 0 Å². The fourth-order valence-corrected chi connectivity index (χ4v) is 2.60. The van der Waals surface area contributed by atoms with Gasteiger partial charge in [-0.1, -0.05) is 44.2 Å². The van der Waals surface area contributed by atoms with Crippen molar-refractivity contribution in [1.82, 2.24) is 4.98 Å². The van der Waals surface area contributed by atoms with Crippen LogP contribution in [0.15, 0.2) is 59.0 Å². The highest BCUT2D eigenvalue weighted by Gasteiger charge is 2.14. The van der Waals surface area contributed by atoms with E-state index in [0.717, 1.165) is 11.3 Å². The first-order valence-corrected chi connectivity index (χ1v) is 8.44.